The molecule has 1 heterocycles. The fraction of sp³-hybridized carbons (Fsp3) is 0.100. The van der Waals surface area contributed by atoms with Gasteiger partial charge < -0.3 is 10.1 Å². The number of carbonyl (C=O) groups is 2. The minimum absolute atomic E-state index is 0.237. The van der Waals surface area contributed by atoms with E-state index in [1.165, 1.54) is 13.2 Å². The first-order valence-electron chi connectivity index (χ1n) is 8.28. The third-order valence-electron chi connectivity index (χ3n) is 3.87. The highest BCUT2D eigenvalue weighted by Gasteiger charge is 2.10. The molecule has 142 valence electrons. The van der Waals surface area contributed by atoms with Gasteiger partial charge in [0.05, 0.1) is 18.4 Å². The quantitative estimate of drug-likeness (QED) is 0.614. The number of nitrogens with one attached hydrogen (secondary N) is 1. The zero-order valence-electron chi connectivity index (χ0n) is 14.9. The van der Waals surface area contributed by atoms with Gasteiger partial charge in [-0.25, -0.2) is 9.48 Å². The van der Waals surface area contributed by atoms with Gasteiger partial charge >= 0.3 is 5.97 Å². The Morgan fingerprint density at radius 3 is 2.54 bits per heavy atom. The maximum Gasteiger partial charge on any atom is 0.337 e. The smallest absolute Gasteiger partial charge is 0.337 e. The van der Waals surface area contributed by atoms with Crippen LogP contribution in [0.4, 0.5) is 5.69 Å². The van der Waals surface area contributed by atoms with Crippen molar-refractivity contribution in [2.24, 2.45) is 0 Å². The first-order chi connectivity index (χ1) is 13.5. The predicted molar refractivity (Wildman–Crippen MR) is 108 cm³/mol. The molecule has 0 atom stereocenters. The van der Waals surface area contributed by atoms with Gasteiger partial charge in [0.15, 0.2) is 0 Å². The lowest BCUT2D eigenvalue weighted by Crippen LogP contribution is -2.29. The predicted octanol–water partition coefficient (Wildman–Crippen LogP) is 3.10. The van der Waals surface area contributed by atoms with E-state index in [4.69, 9.17) is 0 Å². The van der Waals surface area contributed by atoms with Crippen LogP contribution in [0.15, 0.2) is 69.9 Å². The summed E-state index contributed by atoms with van der Waals surface area (Å²) in [5.41, 5.74) is 1.89. The molecule has 0 spiro atoms. The van der Waals surface area contributed by atoms with Crippen LogP contribution < -0.4 is 10.9 Å². The number of anilines is 1. The lowest BCUT2D eigenvalue weighted by molar-refractivity contribution is -0.117. The number of ether oxygens (including phenoxy) is 1. The Morgan fingerprint density at radius 1 is 1.11 bits per heavy atom. The summed E-state index contributed by atoms with van der Waals surface area (Å²) in [6.45, 7) is -0.237. The Bertz CT molecular complexity index is 1080. The van der Waals surface area contributed by atoms with E-state index in [2.05, 4.69) is 31.1 Å². The average molecular weight is 442 g/mol. The van der Waals surface area contributed by atoms with E-state index in [0.717, 1.165) is 14.7 Å². The molecule has 0 radical (unpaired) electrons. The summed E-state index contributed by atoms with van der Waals surface area (Å²) in [6, 6.07) is 16.7. The summed E-state index contributed by atoms with van der Waals surface area (Å²) in [5, 5.41) is 6.95. The molecule has 7 nitrogen and oxygen atoms in total. The van der Waals surface area contributed by atoms with E-state index >= 15 is 0 Å². The number of hydrogen-bond donors (Lipinski definition) is 1. The zero-order valence-corrected chi connectivity index (χ0v) is 16.5. The van der Waals surface area contributed by atoms with Gasteiger partial charge in [0.1, 0.15) is 6.54 Å². The van der Waals surface area contributed by atoms with Crippen molar-refractivity contribution >= 4 is 33.5 Å². The number of halogens is 1. The molecule has 0 bridgehead atoms. The molecule has 28 heavy (non-hydrogen) atoms. The van der Waals surface area contributed by atoms with E-state index < -0.39 is 11.9 Å². The number of methoxy groups -OCH3 is 1. The van der Waals surface area contributed by atoms with Gasteiger partial charge in [-0.2, -0.15) is 5.10 Å². The molecule has 0 aliphatic rings. The van der Waals surface area contributed by atoms with Crippen molar-refractivity contribution in [2.45, 2.75) is 6.54 Å². The monoisotopic (exact) mass is 441 g/mol. The van der Waals surface area contributed by atoms with Crippen molar-refractivity contribution in [1.82, 2.24) is 9.78 Å². The van der Waals surface area contributed by atoms with Crippen molar-refractivity contribution < 1.29 is 14.3 Å². The largest absolute Gasteiger partial charge is 0.465 e. The molecule has 0 saturated carbocycles. The molecule has 2 aromatic carbocycles. The van der Waals surface area contributed by atoms with Gasteiger partial charge in [-0.3, -0.25) is 9.59 Å². The zero-order chi connectivity index (χ0) is 20.1. The van der Waals surface area contributed by atoms with Gasteiger partial charge in [0.25, 0.3) is 5.56 Å². The van der Waals surface area contributed by atoms with Crippen molar-refractivity contribution in [3.05, 3.63) is 81.1 Å². The minimum atomic E-state index is -0.460. The van der Waals surface area contributed by atoms with Crippen molar-refractivity contribution in [3.63, 3.8) is 0 Å². The van der Waals surface area contributed by atoms with Crippen LogP contribution in [0.25, 0.3) is 11.3 Å². The van der Waals surface area contributed by atoms with E-state index in [1.807, 2.05) is 24.3 Å². The van der Waals surface area contributed by atoms with Crippen LogP contribution >= 0.6 is 15.9 Å². The van der Waals surface area contributed by atoms with Crippen LogP contribution in [0.2, 0.25) is 0 Å². The summed E-state index contributed by atoms with van der Waals surface area (Å²) in [7, 11) is 1.30. The van der Waals surface area contributed by atoms with Gasteiger partial charge in [-0.15, -0.1) is 0 Å². The molecule has 1 N–H and O–H groups in total. The number of amides is 1. The van der Waals surface area contributed by atoms with Gasteiger partial charge in [0.2, 0.25) is 5.91 Å². The fourth-order valence-electron chi connectivity index (χ4n) is 2.51. The number of hydrogen-bond acceptors (Lipinski definition) is 5. The molecule has 0 aliphatic carbocycles. The maximum atomic E-state index is 12.3. The lowest BCUT2D eigenvalue weighted by atomic mass is 10.1. The molecule has 1 amide bonds. The normalized spacial score (nSPS) is 10.4. The number of carbonyl (C=O) groups excluding carboxylic acids is 2. The van der Waals surface area contributed by atoms with E-state index in [1.54, 1.807) is 30.3 Å². The molecular weight excluding hydrogens is 426 g/mol. The van der Waals surface area contributed by atoms with Crippen LogP contribution in [0.5, 0.6) is 0 Å². The Balaban J connectivity index is 1.74. The van der Waals surface area contributed by atoms with E-state index in [0.29, 0.717) is 16.9 Å². The maximum absolute atomic E-state index is 12.3. The highest BCUT2D eigenvalue weighted by Crippen LogP contribution is 2.20. The van der Waals surface area contributed by atoms with E-state index in [9.17, 15) is 14.4 Å². The molecule has 0 aliphatic heterocycles. The molecular formula is C20H16BrN3O4. The summed E-state index contributed by atoms with van der Waals surface area (Å²) < 4.78 is 6.62. The Kier molecular flexibility index (Phi) is 6.00. The van der Waals surface area contributed by atoms with Gasteiger partial charge in [-0.1, -0.05) is 28.1 Å². The van der Waals surface area contributed by atoms with E-state index in [-0.39, 0.29) is 12.1 Å². The van der Waals surface area contributed by atoms with Crippen molar-refractivity contribution in [2.75, 3.05) is 12.4 Å². The molecule has 1 aromatic heterocycles. The molecule has 8 heteroatoms. The van der Waals surface area contributed by atoms with Gasteiger partial charge in [0, 0.05) is 21.8 Å². The number of esters is 1. The lowest BCUT2D eigenvalue weighted by Gasteiger charge is -2.09. The highest BCUT2D eigenvalue weighted by molar-refractivity contribution is 9.10. The highest BCUT2D eigenvalue weighted by atomic mass is 79.9. The average Bonchev–Trinajstić information content (AvgIpc) is 2.69. The third-order valence-corrected chi connectivity index (χ3v) is 4.36. The van der Waals surface area contributed by atoms with Crippen LogP contribution in [0.3, 0.4) is 0 Å². The second-order valence-corrected chi connectivity index (χ2v) is 6.76. The van der Waals surface area contributed by atoms with Crippen LogP contribution in [-0.2, 0) is 16.1 Å². The Labute approximate surface area is 169 Å². The number of rotatable bonds is 5. The SMILES string of the molecule is COC(=O)c1ccc(NC(=O)Cn2nc(-c3cccc(Br)c3)ccc2=O)cc1. The fourth-order valence-corrected chi connectivity index (χ4v) is 2.91. The third kappa shape index (κ3) is 4.72. The molecule has 0 saturated heterocycles. The summed E-state index contributed by atoms with van der Waals surface area (Å²) in [5.74, 6) is -0.871. The standard InChI is InChI=1S/C20H16BrN3O4/c1-28-20(27)13-5-7-16(8-6-13)22-18(25)12-24-19(26)10-9-17(23-24)14-3-2-4-15(21)11-14/h2-11H,12H2,1H3,(H,22,25). The summed E-state index contributed by atoms with van der Waals surface area (Å²) >= 11 is 3.40. The number of nitrogens with zero attached hydrogens (tertiary/aromatic N) is 2. The first-order valence-corrected chi connectivity index (χ1v) is 9.08. The first kappa shape index (κ1) is 19.5. The minimum Gasteiger partial charge on any atom is -0.465 e. The Hall–Kier alpha value is -3.26. The Morgan fingerprint density at radius 2 is 1.86 bits per heavy atom. The van der Waals surface area contributed by atoms with Gasteiger partial charge in [-0.05, 0) is 42.5 Å². The molecule has 3 aromatic rings. The van der Waals surface area contributed by atoms with Crippen molar-refractivity contribution in [3.8, 4) is 11.3 Å². The molecule has 3 rings (SSSR count). The van der Waals surface area contributed by atoms with Crippen LogP contribution in [0.1, 0.15) is 10.4 Å². The van der Waals surface area contributed by atoms with Crippen molar-refractivity contribution in [1.29, 1.82) is 0 Å². The molecule has 0 unspecified atom stereocenters. The van der Waals surface area contributed by atoms with Crippen LogP contribution in [-0.4, -0.2) is 28.8 Å². The number of aromatic nitrogens is 2. The second kappa shape index (κ2) is 8.62. The molecule has 0 fully saturated rings. The second-order valence-electron chi connectivity index (χ2n) is 5.84. The summed E-state index contributed by atoms with van der Waals surface area (Å²) in [4.78, 5) is 35.8. The van der Waals surface area contributed by atoms with Crippen LogP contribution in [0, 0.1) is 0 Å². The topological polar surface area (TPSA) is 90.3 Å². The summed E-state index contributed by atoms with van der Waals surface area (Å²) in [6.07, 6.45) is 0. The number of benzene rings is 2.